The monoisotopic (exact) mass is 337 g/mol. The first-order valence-electron chi connectivity index (χ1n) is 7.96. The largest absolute Gasteiger partial charge is 0.466 e. The van der Waals surface area contributed by atoms with E-state index in [1.165, 1.54) is 0 Å². The summed E-state index contributed by atoms with van der Waals surface area (Å²) in [4.78, 5) is 24.3. The Kier molecular flexibility index (Phi) is 5.03. The number of nitrogens with zero attached hydrogens (tertiary/aromatic N) is 4. The van der Waals surface area contributed by atoms with Gasteiger partial charge >= 0.3 is 5.97 Å². The quantitative estimate of drug-likeness (QED) is 0.697. The summed E-state index contributed by atoms with van der Waals surface area (Å²) in [5.74, 6) is 0.962. The number of carbonyl (C=O) groups is 1. The highest BCUT2D eigenvalue weighted by atomic mass is 16.5. The van der Waals surface area contributed by atoms with E-state index in [2.05, 4.69) is 20.3 Å². The molecule has 0 saturated heterocycles. The summed E-state index contributed by atoms with van der Waals surface area (Å²) in [6.45, 7) is 2.19. The first kappa shape index (κ1) is 16.6. The fourth-order valence-electron chi connectivity index (χ4n) is 2.33. The standard InChI is InChI=1S/C18H19N5O2/c1-3-25-17(24)8-13-4-6-14(7-5-13)15-9-19-18(20-10-15)22-16-11-23(2)12-21-16/h4-7,9-12H,3,8H2,1-2H3,(H,19,20,22). The Morgan fingerprint density at radius 2 is 1.84 bits per heavy atom. The fourth-order valence-corrected chi connectivity index (χ4v) is 2.33. The van der Waals surface area contributed by atoms with Crippen LogP contribution in [0, 0.1) is 0 Å². The molecule has 0 saturated carbocycles. The molecular weight excluding hydrogens is 318 g/mol. The average molecular weight is 337 g/mol. The van der Waals surface area contributed by atoms with E-state index in [4.69, 9.17) is 4.74 Å². The third-order valence-electron chi connectivity index (χ3n) is 3.54. The Morgan fingerprint density at radius 3 is 2.44 bits per heavy atom. The van der Waals surface area contributed by atoms with E-state index in [1.54, 1.807) is 25.6 Å². The van der Waals surface area contributed by atoms with Gasteiger partial charge in [-0.3, -0.25) is 4.79 Å². The molecule has 128 valence electrons. The SMILES string of the molecule is CCOC(=O)Cc1ccc(-c2cnc(Nc3cn(C)cn3)nc2)cc1. The number of aromatic nitrogens is 4. The predicted octanol–water partition coefficient (Wildman–Crippen LogP) is 2.73. The second kappa shape index (κ2) is 7.57. The van der Waals surface area contributed by atoms with Crippen molar-refractivity contribution in [3.8, 4) is 11.1 Å². The van der Waals surface area contributed by atoms with Gasteiger partial charge in [0.15, 0.2) is 5.82 Å². The van der Waals surface area contributed by atoms with Crippen molar-refractivity contribution < 1.29 is 9.53 Å². The van der Waals surface area contributed by atoms with Gasteiger partial charge in [-0.2, -0.15) is 0 Å². The van der Waals surface area contributed by atoms with Crippen molar-refractivity contribution in [2.24, 2.45) is 7.05 Å². The summed E-state index contributed by atoms with van der Waals surface area (Å²) >= 11 is 0. The van der Waals surface area contributed by atoms with Gasteiger partial charge in [-0.1, -0.05) is 24.3 Å². The average Bonchev–Trinajstić information content (AvgIpc) is 3.01. The van der Waals surface area contributed by atoms with Crippen molar-refractivity contribution in [1.29, 1.82) is 0 Å². The van der Waals surface area contributed by atoms with Gasteiger partial charge in [-0.25, -0.2) is 15.0 Å². The lowest BCUT2D eigenvalue weighted by Gasteiger charge is -2.05. The molecule has 0 radical (unpaired) electrons. The summed E-state index contributed by atoms with van der Waals surface area (Å²) in [7, 11) is 1.90. The molecule has 0 unspecified atom stereocenters. The summed E-state index contributed by atoms with van der Waals surface area (Å²) in [6.07, 6.45) is 7.32. The summed E-state index contributed by atoms with van der Waals surface area (Å²) in [5, 5.41) is 3.04. The molecule has 2 heterocycles. The van der Waals surface area contributed by atoms with Crippen molar-refractivity contribution in [2.75, 3.05) is 11.9 Å². The molecule has 0 aliphatic heterocycles. The highest BCUT2D eigenvalue weighted by Gasteiger charge is 2.06. The molecule has 7 heteroatoms. The topological polar surface area (TPSA) is 81.9 Å². The molecule has 0 spiro atoms. The molecule has 25 heavy (non-hydrogen) atoms. The Bertz CT molecular complexity index is 841. The number of benzene rings is 1. The van der Waals surface area contributed by atoms with Crippen LogP contribution in [0.5, 0.6) is 0 Å². The van der Waals surface area contributed by atoms with E-state index in [0.717, 1.165) is 16.7 Å². The molecule has 3 rings (SSSR count). The molecule has 1 N–H and O–H groups in total. The summed E-state index contributed by atoms with van der Waals surface area (Å²) in [6, 6.07) is 7.71. The zero-order valence-electron chi connectivity index (χ0n) is 14.1. The number of hydrogen-bond donors (Lipinski definition) is 1. The number of ether oxygens (including phenoxy) is 1. The number of aryl methyl sites for hydroxylation is 1. The van der Waals surface area contributed by atoms with Crippen LogP contribution >= 0.6 is 0 Å². The minimum absolute atomic E-state index is 0.219. The number of esters is 1. The lowest BCUT2D eigenvalue weighted by molar-refractivity contribution is -0.142. The first-order valence-corrected chi connectivity index (χ1v) is 7.96. The van der Waals surface area contributed by atoms with Gasteiger partial charge < -0.3 is 14.6 Å². The van der Waals surface area contributed by atoms with Crippen LogP contribution in [0.15, 0.2) is 49.2 Å². The zero-order valence-corrected chi connectivity index (χ0v) is 14.1. The Morgan fingerprint density at radius 1 is 1.12 bits per heavy atom. The number of imidazole rings is 1. The lowest BCUT2D eigenvalue weighted by atomic mass is 10.1. The van der Waals surface area contributed by atoms with Gasteiger partial charge in [0.1, 0.15) is 0 Å². The third kappa shape index (κ3) is 4.41. The maximum atomic E-state index is 11.5. The molecule has 7 nitrogen and oxygen atoms in total. The molecule has 0 amide bonds. The van der Waals surface area contributed by atoms with Gasteiger partial charge in [-0.15, -0.1) is 0 Å². The summed E-state index contributed by atoms with van der Waals surface area (Å²) < 4.78 is 6.79. The van der Waals surface area contributed by atoms with E-state index >= 15 is 0 Å². The zero-order chi connectivity index (χ0) is 17.6. The van der Waals surface area contributed by atoms with Crippen molar-refractivity contribution >= 4 is 17.7 Å². The molecule has 3 aromatic rings. The number of nitrogens with one attached hydrogen (secondary N) is 1. The van der Waals surface area contributed by atoms with Crippen molar-refractivity contribution in [2.45, 2.75) is 13.3 Å². The molecular formula is C18H19N5O2. The molecule has 0 bridgehead atoms. The maximum Gasteiger partial charge on any atom is 0.310 e. The maximum absolute atomic E-state index is 11.5. The number of rotatable bonds is 6. The second-order valence-electron chi connectivity index (χ2n) is 5.52. The normalized spacial score (nSPS) is 10.5. The Hall–Kier alpha value is -3.22. The van der Waals surface area contributed by atoms with Crippen LogP contribution in [0.2, 0.25) is 0 Å². The van der Waals surface area contributed by atoms with Crippen LogP contribution in [-0.2, 0) is 23.0 Å². The van der Waals surface area contributed by atoms with Crippen LogP contribution in [0.4, 0.5) is 11.8 Å². The highest BCUT2D eigenvalue weighted by Crippen LogP contribution is 2.20. The molecule has 0 aliphatic carbocycles. The molecule has 0 atom stereocenters. The van der Waals surface area contributed by atoms with Gasteiger partial charge in [0, 0.05) is 31.2 Å². The minimum Gasteiger partial charge on any atom is -0.466 e. The number of carbonyl (C=O) groups excluding carboxylic acids is 1. The van der Waals surface area contributed by atoms with E-state index < -0.39 is 0 Å². The van der Waals surface area contributed by atoms with Gasteiger partial charge in [0.25, 0.3) is 0 Å². The molecule has 0 aliphatic rings. The molecule has 2 aromatic heterocycles. The van der Waals surface area contributed by atoms with Crippen LogP contribution in [0.25, 0.3) is 11.1 Å². The Labute approximate surface area is 145 Å². The number of hydrogen-bond acceptors (Lipinski definition) is 6. The van der Waals surface area contributed by atoms with E-state index in [-0.39, 0.29) is 12.4 Å². The van der Waals surface area contributed by atoms with Gasteiger partial charge in [0.2, 0.25) is 5.95 Å². The van der Waals surface area contributed by atoms with Gasteiger partial charge in [-0.05, 0) is 18.1 Å². The van der Waals surface area contributed by atoms with E-state index in [0.29, 0.717) is 18.4 Å². The number of anilines is 2. The van der Waals surface area contributed by atoms with Crippen LogP contribution in [-0.4, -0.2) is 32.1 Å². The smallest absolute Gasteiger partial charge is 0.310 e. The first-order chi connectivity index (χ1) is 12.1. The third-order valence-corrected chi connectivity index (χ3v) is 3.54. The lowest BCUT2D eigenvalue weighted by Crippen LogP contribution is -2.07. The van der Waals surface area contributed by atoms with E-state index in [1.807, 2.05) is 42.1 Å². The Balaban J connectivity index is 1.66. The van der Waals surface area contributed by atoms with Crippen LogP contribution < -0.4 is 5.32 Å². The van der Waals surface area contributed by atoms with Crippen LogP contribution in [0.3, 0.4) is 0 Å². The molecule has 1 aromatic carbocycles. The van der Waals surface area contributed by atoms with E-state index in [9.17, 15) is 4.79 Å². The second-order valence-corrected chi connectivity index (χ2v) is 5.52. The van der Waals surface area contributed by atoms with Gasteiger partial charge in [0.05, 0.1) is 19.4 Å². The highest BCUT2D eigenvalue weighted by molar-refractivity contribution is 5.73. The van der Waals surface area contributed by atoms with Crippen molar-refractivity contribution in [1.82, 2.24) is 19.5 Å². The molecule has 0 fully saturated rings. The fraction of sp³-hybridized carbons (Fsp3) is 0.222. The predicted molar refractivity (Wildman–Crippen MR) is 94.3 cm³/mol. The minimum atomic E-state index is -0.219. The van der Waals surface area contributed by atoms with Crippen molar-refractivity contribution in [3.05, 3.63) is 54.7 Å². The van der Waals surface area contributed by atoms with Crippen LogP contribution in [0.1, 0.15) is 12.5 Å². The van der Waals surface area contributed by atoms with Crippen molar-refractivity contribution in [3.63, 3.8) is 0 Å². The summed E-state index contributed by atoms with van der Waals surface area (Å²) in [5.41, 5.74) is 2.79.